The summed E-state index contributed by atoms with van der Waals surface area (Å²) >= 11 is 13.1. The standard InChI is InChI=1S/C33H33Cl2N5O/c1-20-9-24(34)15-27(10-20)40-19-38-30-11-21(2)28(22-12-23(14-25(35)13-22)33(18-36)6-7-33)16-29(30)31(40)32(41)39(3)17-26-5-4-8-37-26/h9-16,19,26,31,37H,4-8,17H2,1-3H3/t26-,31?/m0/s1. The van der Waals surface area contributed by atoms with Crippen LogP contribution in [0.15, 0.2) is 53.5 Å². The molecule has 3 aromatic rings. The zero-order chi connectivity index (χ0) is 28.9. The fourth-order valence-corrected chi connectivity index (χ4v) is 6.70. The summed E-state index contributed by atoms with van der Waals surface area (Å²) in [6, 6.07) is 18.0. The van der Waals surface area contributed by atoms with E-state index in [1.807, 2.05) is 67.1 Å². The predicted octanol–water partition coefficient (Wildman–Crippen LogP) is 7.26. The third-order valence-electron chi connectivity index (χ3n) is 8.58. The number of anilines is 1. The molecule has 2 atom stereocenters. The van der Waals surface area contributed by atoms with Crippen LogP contribution in [0.3, 0.4) is 0 Å². The maximum Gasteiger partial charge on any atom is 0.250 e. The van der Waals surface area contributed by atoms with Gasteiger partial charge >= 0.3 is 0 Å². The van der Waals surface area contributed by atoms with Gasteiger partial charge < -0.3 is 15.1 Å². The van der Waals surface area contributed by atoms with E-state index in [1.54, 1.807) is 6.34 Å². The number of halogens is 2. The molecule has 0 aromatic heterocycles. The SMILES string of the molecule is Cc1cc(Cl)cc(N2C=Nc3cc(C)c(-c4cc(Cl)cc(C5(C#N)CC5)c4)cc3C2C(=O)N(C)C[C@@H]2CCCN2)c1. The van der Waals surface area contributed by atoms with E-state index in [4.69, 9.17) is 28.2 Å². The molecule has 1 unspecified atom stereocenters. The number of nitriles is 1. The van der Waals surface area contributed by atoms with Crippen LogP contribution in [0.25, 0.3) is 11.1 Å². The van der Waals surface area contributed by atoms with Crippen molar-refractivity contribution >= 4 is 46.8 Å². The second-order valence-electron chi connectivity index (χ2n) is 11.7. The number of rotatable bonds is 6. The number of fused-ring (bicyclic) bond motifs is 1. The molecule has 41 heavy (non-hydrogen) atoms. The number of nitrogens with zero attached hydrogens (tertiary/aromatic N) is 4. The lowest BCUT2D eigenvalue weighted by Crippen LogP contribution is -2.46. The summed E-state index contributed by atoms with van der Waals surface area (Å²) in [5.41, 5.74) is 6.83. The predicted molar refractivity (Wildman–Crippen MR) is 166 cm³/mol. The van der Waals surface area contributed by atoms with Crippen LogP contribution < -0.4 is 10.2 Å². The molecule has 0 spiro atoms. The van der Waals surface area contributed by atoms with Gasteiger partial charge in [-0.3, -0.25) is 4.79 Å². The summed E-state index contributed by atoms with van der Waals surface area (Å²) in [6.45, 7) is 5.66. The number of carbonyl (C=O) groups excluding carboxylic acids is 1. The fourth-order valence-electron chi connectivity index (χ4n) is 6.18. The third kappa shape index (κ3) is 5.35. The number of hydrogen-bond donors (Lipinski definition) is 1. The van der Waals surface area contributed by atoms with Gasteiger partial charge in [0.15, 0.2) is 0 Å². The number of aryl methyl sites for hydroxylation is 2. The quantitative estimate of drug-likeness (QED) is 0.330. The highest BCUT2D eigenvalue weighted by Crippen LogP contribution is 2.49. The van der Waals surface area contributed by atoms with Gasteiger partial charge in [0.2, 0.25) is 5.91 Å². The lowest BCUT2D eigenvalue weighted by molar-refractivity contribution is -0.131. The van der Waals surface area contributed by atoms with Crippen molar-refractivity contribution < 1.29 is 4.79 Å². The first-order chi connectivity index (χ1) is 19.7. The summed E-state index contributed by atoms with van der Waals surface area (Å²) in [6.07, 6.45) is 5.61. The highest BCUT2D eigenvalue weighted by Gasteiger charge is 2.45. The van der Waals surface area contributed by atoms with Crippen LogP contribution in [-0.4, -0.2) is 43.3 Å². The van der Waals surface area contributed by atoms with Crippen LogP contribution in [0.5, 0.6) is 0 Å². The van der Waals surface area contributed by atoms with E-state index < -0.39 is 11.5 Å². The Balaban J connectivity index is 1.46. The Morgan fingerprint density at radius 3 is 2.59 bits per heavy atom. The van der Waals surface area contributed by atoms with Crippen LogP contribution in [0.2, 0.25) is 10.0 Å². The maximum atomic E-state index is 14.3. The van der Waals surface area contributed by atoms with Crippen molar-refractivity contribution in [3.05, 3.63) is 80.8 Å². The molecule has 2 aliphatic heterocycles. The zero-order valence-electron chi connectivity index (χ0n) is 23.5. The van der Waals surface area contributed by atoms with Gasteiger partial charge in [0.05, 0.1) is 23.5 Å². The maximum absolute atomic E-state index is 14.3. The summed E-state index contributed by atoms with van der Waals surface area (Å²) in [4.78, 5) is 22.9. The number of hydrogen-bond acceptors (Lipinski definition) is 5. The van der Waals surface area contributed by atoms with Crippen LogP contribution in [0.1, 0.15) is 54.0 Å². The topological polar surface area (TPSA) is 71.7 Å². The third-order valence-corrected chi connectivity index (χ3v) is 9.02. The molecule has 1 saturated carbocycles. The summed E-state index contributed by atoms with van der Waals surface area (Å²) in [7, 11) is 1.88. The molecule has 6 rings (SSSR count). The van der Waals surface area contributed by atoms with E-state index in [1.165, 1.54) is 0 Å². The number of likely N-dealkylation sites (N-methyl/N-ethyl adjacent to an activating group) is 1. The minimum Gasteiger partial charge on any atom is -0.342 e. The van der Waals surface area contributed by atoms with Crippen LogP contribution in [0.4, 0.5) is 11.4 Å². The van der Waals surface area contributed by atoms with E-state index in [0.717, 1.165) is 77.0 Å². The first kappa shape index (κ1) is 27.8. The Kier molecular flexibility index (Phi) is 7.32. The number of carbonyl (C=O) groups is 1. The summed E-state index contributed by atoms with van der Waals surface area (Å²) < 4.78 is 0. The van der Waals surface area contributed by atoms with Crippen molar-refractivity contribution in [3.8, 4) is 17.2 Å². The normalized spacial score (nSPS) is 20.4. The molecular weight excluding hydrogens is 553 g/mol. The van der Waals surface area contributed by atoms with Gasteiger partial charge in [0.1, 0.15) is 6.04 Å². The Bertz CT molecular complexity index is 1580. The van der Waals surface area contributed by atoms with E-state index in [9.17, 15) is 10.1 Å². The summed E-state index contributed by atoms with van der Waals surface area (Å²) in [5.74, 6) is -0.00766. The van der Waals surface area contributed by atoms with Gasteiger partial charge in [-0.05, 0) is 122 Å². The summed E-state index contributed by atoms with van der Waals surface area (Å²) in [5, 5.41) is 14.5. The molecule has 0 bridgehead atoms. The van der Waals surface area contributed by atoms with E-state index in [-0.39, 0.29) is 11.9 Å². The molecule has 6 nitrogen and oxygen atoms in total. The molecule has 1 aliphatic carbocycles. The monoisotopic (exact) mass is 585 g/mol. The highest BCUT2D eigenvalue weighted by atomic mass is 35.5. The molecule has 8 heteroatoms. The average molecular weight is 587 g/mol. The molecule has 210 valence electrons. The minimum absolute atomic E-state index is 0.00766. The molecule has 3 aliphatic rings. The van der Waals surface area contributed by atoms with Gasteiger partial charge in [0.25, 0.3) is 0 Å². The average Bonchev–Trinajstić information content (AvgIpc) is 3.58. The lowest BCUT2D eigenvalue weighted by atomic mass is 9.89. The van der Waals surface area contributed by atoms with Gasteiger partial charge in [-0.15, -0.1) is 0 Å². The molecule has 2 fully saturated rings. The largest absolute Gasteiger partial charge is 0.342 e. The molecule has 1 N–H and O–H groups in total. The van der Waals surface area contributed by atoms with Gasteiger partial charge in [-0.1, -0.05) is 23.2 Å². The van der Waals surface area contributed by atoms with Gasteiger partial charge in [0, 0.05) is 40.9 Å². The van der Waals surface area contributed by atoms with Crippen molar-refractivity contribution in [3.63, 3.8) is 0 Å². The molecule has 3 aromatic carbocycles. The highest BCUT2D eigenvalue weighted by molar-refractivity contribution is 6.31. The second kappa shape index (κ2) is 10.8. The van der Waals surface area contributed by atoms with Crippen molar-refractivity contribution in [2.45, 2.75) is 57.0 Å². The van der Waals surface area contributed by atoms with E-state index >= 15 is 0 Å². The lowest BCUT2D eigenvalue weighted by Gasteiger charge is -2.36. The molecular formula is C33H33Cl2N5O. The van der Waals surface area contributed by atoms with Crippen LogP contribution in [0, 0.1) is 25.2 Å². The van der Waals surface area contributed by atoms with Gasteiger partial charge in [-0.25, -0.2) is 4.99 Å². The minimum atomic E-state index is -0.626. The zero-order valence-corrected chi connectivity index (χ0v) is 25.1. The van der Waals surface area contributed by atoms with Crippen LogP contribution >= 0.6 is 23.2 Å². The first-order valence-electron chi connectivity index (χ1n) is 14.1. The van der Waals surface area contributed by atoms with Crippen LogP contribution in [-0.2, 0) is 10.2 Å². The smallest absolute Gasteiger partial charge is 0.250 e. The van der Waals surface area contributed by atoms with E-state index in [2.05, 4.69) is 23.5 Å². The number of benzene rings is 3. The molecule has 1 saturated heterocycles. The molecule has 2 heterocycles. The van der Waals surface area contributed by atoms with Gasteiger partial charge in [-0.2, -0.15) is 5.26 Å². The van der Waals surface area contributed by atoms with Crippen molar-refractivity contribution in [1.29, 1.82) is 5.26 Å². The Labute approximate surface area is 251 Å². The first-order valence-corrected chi connectivity index (χ1v) is 14.9. The fraction of sp³-hybridized carbons (Fsp3) is 0.364. The Morgan fingerprint density at radius 2 is 1.90 bits per heavy atom. The molecule has 1 amide bonds. The van der Waals surface area contributed by atoms with Crippen molar-refractivity contribution in [2.75, 3.05) is 25.0 Å². The molecule has 0 radical (unpaired) electrons. The number of aliphatic imine (C=N–C) groups is 1. The second-order valence-corrected chi connectivity index (χ2v) is 12.6. The van der Waals surface area contributed by atoms with Crippen molar-refractivity contribution in [1.82, 2.24) is 10.2 Å². The van der Waals surface area contributed by atoms with E-state index in [0.29, 0.717) is 16.6 Å². The number of amides is 1. The number of nitrogens with one attached hydrogen (secondary N) is 1. The van der Waals surface area contributed by atoms with Crippen molar-refractivity contribution in [2.24, 2.45) is 4.99 Å². The Morgan fingerprint density at radius 1 is 1.12 bits per heavy atom. The Hall–Kier alpha value is -3.37.